The van der Waals surface area contributed by atoms with Gasteiger partial charge in [-0.2, -0.15) is 0 Å². The van der Waals surface area contributed by atoms with E-state index in [1.54, 1.807) is 0 Å². The van der Waals surface area contributed by atoms with Crippen molar-refractivity contribution in [2.24, 2.45) is 5.92 Å². The largest absolute Gasteiger partial charge is 0.298 e. The minimum absolute atomic E-state index is 0.250. The maximum absolute atomic E-state index is 10.7. The molecule has 1 fully saturated rings. The van der Waals surface area contributed by atoms with Crippen LogP contribution in [-0.4, -0.2) is 12.3 Å². The number of carbonyl (C=O) groups is 1. The standard InChI is InChI=1S/C5H8ClNO/c6-7-3-5(8)4-1-2-4/h4,7H,1-3H2. The molecule has 0 aromatic heterocycles. The van der Waals surface area contributed by atoms with E-state index in [2.05, 4.69) is 4.84 Å². The molecule has 1 saturated carbocycles. The molecule has 8 heavy (non-hydrogen) atoms. The molecular formula is C5H8ClNO. The molecule has 0 bridgehead atoms. The summed E-state index contributed by atoms with van der Waals surface area (Å²) in [5.74, 6) is 0.584. The second-order valence-electron chi connectivity index (χ2n) is 2.05. The normalized spacial score (nSPS) is 18.6. The van der Waals surface area contributed by atoms with Crippen molar-refractivity contribution in [3.63, 3.8) is 0 Å². The molecule has 1 aliphatic rings. The first-order chi connectivity index (χ1) is 3.84. The van der Waals surface area contributed by atoms with Gasteiger partial charge in [0, 0.05) is 5.92 Å². The van der Waals surface area contributed by atoms with E-state index >= 15 is 0 Å². The van der Waals surface area contributed by atoms with E-state index in [9.17, 15) is 4.79 Å². The van der Waals surface area contributed by atoms with Crippen LogP contribution in [0.25, 0.3) is 0 Å². The van der Waals surface area contributed by atoms with E-state index < -0.39 is 0 Å². The number of hydrogen-bond donors (Lipinski definition) is 1. The Balaban J connectivity index is 2.13. The van der Waals surface area contributed by atoms with Crippen LogP contribution in [0.1, 0.15) is 12.8 Å². The van der Waals surface area contributed by atoms with E-state index in [0.717, 1.165) is 12.8 Å². The van der Waals surface area contributed by atoms with Crippen molar-refractivity contribution in [3.8, 4) is 0 Å². The van der Waals surface area contributed by atoms with Crippen LogP contribution in [0.4, 0.5) is 0 Å². The predicted octanol–water partition coefficient (Wildman–Crippen LogP) is 0.709. The minimum Gasteiger partial charge on any atom is -0.298 e. The lowest BCUT2D eigenvalue weighted by Gasteiger charge is -1.90. The molecule has 1 aliphatic carbocycles. The maximum atomic E-state index is 10.7. The first-order valence-electron chi connectivity index (χ1n) is 2.71. The molecule has 0 spiro atoms. The van der Waals surface area contributed by atoms with Gasteiger partial charge in [-0.25, -0.2) is 4.84 Å². The first-order valence-corrected chi connectivity index (χ1v) is 3.08. The van der Waals surface area contributed by atoms with Gasteiger partial charge in [0.2, 0.25) is 0 Å². The molecular weight excluding hydrogens is 126 g/mol. The molecule has 0 radical (unpaired) electrons. The van der Waals surface area contributed by atoms with E-state index in [1.165, 1.54) is 0 Å². The Kier molecular flexibility index (Phi) is 1.86. The Hall–Kier alpha value is -0.0800. The van der Waals surface area contributed by atoms with Gasteiger partial charge in [-0.3, -0.25) is 4.79 Å². The third kappa shape index (κ3) is 1.46. The molecule has 1 rings (SSSR count). The van der Waals surface area contributed by atoms with Gasteiger partial charge in [0.05, 0.1) is 6.54 Å². The van der Waals surface area contributed by atoms with Crippen LogP contribution >= 0.6 is 11.8 Å². The Morgan fingerprint density at radius 2 is 2.38 bits per heavy atom. The molecule has 0 amide bonds. The fourth-order valence-electron chi connectivity index (χ4n) is 0.615. The summed E-state index contributed by atoms with van der Waals surface area (Å²) in [6.07, 6.45) is 2.13. The Labute approximate surface area is 53.3 Å². The van der Waals surface area contributed by atoms with Crippen LogP contribution in [0.5, 0.6) is 0 Å². The van der Waals surface area contributed by atoms with Gasteiger partial charge in [-0.05, 0) is 24.6 Å². The van der Waals surface area contributed by atoms with Gasteiger partial charge in [0.1, 0.15) is 0 Å². The first kappa shape index (κ1) is 6.05. The fraction of sp³-hybridized carbons (Fsp3) is 0.800. The minimum atomic E-state index is 0.250. The molecule has 2 nitrogen and oxygen atoms in total. The highest BCUT2D eigenvalue weighted by Crippen LogP contribution is 2.29. The van der Waals surface area contributed by atoms with E-state index in [4.69, 9.17) is 11.8 Å². The number of ketones is 1. The molecule has 0 saturated heterocycles. The smallest absolute Gasteiger partial charge is 0.150 e. The van der Waals surface area contributed by atoms with Gasteiger partial charge < -0.3 is 0 Å². The number of halogens is 1. The molecule has 0 heterocycles. The van der Waals surface area contributed by atoms with Gasteiger partial charge in [-0.1, -0.05) is 0 Å². The number of rotatable bonds is 3. The van der Waals surface area contributed by atoms with Crippen LogP contribution in [0.3, 0.4) is 0 Å². The molecule has 1 N–H and O–H groups in total. The van der Waals surface area contributed by atoms with E-state index in [-0.39, 0.29) is 5.78 Å². The highest BCUT2D eigenvalue weighted by molar-refractivity contribution is 6.14. The zero-order valence-corrected chi connectivity index (χ0v) is 5.24. The summed E-state index contributed by atoms with van der Waals surface area (Å²) in [5, 5.41) is 0. The molecule has 0 aromatic carbocycles. The van der Waals surface area contributed by atoms with Gasteiger partial charge in [0.15, 0.2) is 5.78 Å². The molecule has 0 atom stereocenters. The second kappa shape index (κ2) is 2.46. The zero-order chi connectivity index (χ0) is 5.98. The van der Waals surface area contributed by atoms with Crippen LogP contribution in [0, 0.1) is 5.92 Å². The average Bonchev–Trinajstić information content (AvgIpc) is 2.45. The highest BCUT2D eigenvalue weighted by Gasteiger charge is 2.28. The van der Waals surface area contributed by atoms with Crippen molar-refractivity contribution in [3.05, 3.63) is 0 Å². The molecule has 3 heteroatoms. The number of carbonyl (C=O) groups excluding carboxylic acids is 1. The van der Waals surface area contributed by atoms with Crippen molar-refractivity contribution in [1.82, 2.24) is 4.84 Å². The second-order valence-corrected chi connectivity index (χ2v) is 2.32. The van der Waals surface area contributed by atoms with Crippen LogP contribution < -0.4 is 4.84 Å². The third-order valence-corrected chi connectivity index (χ3v) is 1.41. The lowest BCUT2D eigenvalue weighted by Crippen LogP contribution is -2.15. The molecule has 46 valence electrons. The molecule has 0 aliphatic heterocycles. The quantitative estimate of drug-likeness (QED) is 0.575. The van der Waals surface area contributed by atoms with Crippen LogP contribution in [0.15, 0.2) is 0 Å². The summed E-state index contributed by atoms with van der Waals surface area (Å²) in [7, 11) is 0. The van der Waals surface area contributed by atoms with E-state index in [1.807, 2.05) is 0 Å². The van der Waals surface area contributed by atoms with Crippen molar-refractivity contribution in [2.45, 2.75) is 12.8 Å². The summed E-state index contributed by atoms with van der Waals surface area (Å²) in [6.45, 7) is 0.326. The monoisotopic (exact) mass is 133 g/mol. The Morgan fingerprint density at radius 3 is 2.75 bits per heavy atom. The number of nitrogens with one attached hydrogen (secondary N) is 1. The summed E-state index contributed by atoms with van der Waals surface area (Å²) < 4.78 is 0. The summed E-state index contributed by atoms with van der Waals surface area (Å²) in [4.78, 5) is 13.0. The van der Waals surface area contributed by atoms with Crippen molar-refractivity contribution in [1.29, 1.82) is 0 Å². The molecule has 0 unspecified atom stereocenters. The third-order valence-electron chi connectivity index (χ3n) is 1.27. The topological polar surface area (TPSA) is 29.1 Å². The van der Waals surface area contributed by atoms with Crippen molar-refractivity contribution < 1.29 is 4.79 Å². The lowest BCUT2D eigenvalue weighted by atomic mass is 10.3. The summed E-state index contributed by atoms with van der Waals surface area (Å²) >= 11 is 5.10. The van der Waals surface area contributed by atoms with Crippen molar-refractivity contribution >= 4 is 17.6 Å². The predicted molar refractivity (Wildman–Crippen MR) is 31.6 cm³/mol. The number of Topliss-reactive ketones (excluding diaryl/α,β-unsaturated/α-hetero) is 1. The maximum Gasteiger partial charge on any atom is 0.150 e. The van der Waals surface area contributed by atoms with Gasteiger partial charge in [0.25, 0.3) is 0 Å². The Morgan fingerprint density at radius 1 is 1.75 bits per heavy atom. The lowest BCUT2D eigenvalue weighted by molar-refractivity contribution is -0.119. The van der Waals surface area contributed by atoms with Crippen molar-refractivity contribution in [2.75, 3.05) is 6.54 Å². The summed E-state index contributed by atoms with van der Waals surface area (Å²) in [6, 6.07) is 0. The van der Waals surface area contributed by atoms with Gasteiger partial charge >= 0.3 is 0 Å². The van der Waals surface area contributed by atoms with E-state index in [0.29, 0.717) is 12.5 Å². The highest BCUT2D eigenvalue weighted by atomic mass is 35.5. The fourth-order valence-corrected chi connectivity index (χ4v) is 0.747. The zero-order valence-electron chi connectivity index (χ0n) is 4.48. The Bertz CT molecular complexity index is 101. The average molecular weight is 134 g/mol. The van der Waals surface area contributed by atoms with Gasteiger partial charge in [-0.15, -0.1) is 0 Å². The molecule has 0 aromatic rings. The summed E-state index contributed by atoms with van der Waals surface area (Å²) in [5.41, 5.74) is 0. The number of hydrogen-bond acceptors (Lipinski definition) is 2. The van der Waals surface area contributed by atoms with Crippen LogP contribution in [0.2, 0.25) is 0 Å². The SMILES string of the molecule is O=C(CNCl)C1CC1. The van der Waals surface area contributed by atoms with Crippen LogP contribution in [-0.2, 0) is 4.79 Å².